The minimum Gasteiger partial charge on any atom is -0.446 e. The van der Waals surface area contributed by atoms with Crippen LogP contribution in [-0.2, 0) is 35.1 Å². The van der Waals surface area contributed by atoms with Gasteiger partial charge in [0.25, 0.3) is 0 Å². The Morgan fingerprint density at radius 3 is 0.758 bits per heavy atom. The quantitative estimate of drug-likeness (QED) is 0.0806. The molecule has 0 aliphatic rings. The first-order valence-electron chi connectivity index (χ1n) is 20.9. The molecule has 66 heavy (non-hydrogen) atoms. The Bertz CT molecular complexity index is 2480. The van der Waals surface area contributed by atoms with Crippen molar-refractivity contribution < 1.29 is 43.7 Å². The molecule has 9 heteroatoms. The van der Waals surface area contributed by atoms with Crippen molar-refractivity contribution in [3.05, 3.63) is 287 Å². The van der Waals surface area contributed by atoms with Gasteiger partial charge >= 0.3 is 11.9 Å². The van der Waals surface area contributed by atoms with Crippen LogP contribution < -0.4 is 0 Å². The summed E-state index contributed by atoms with van der Waals surface area (Å²) in [5.74, 6) is -2.58. The molecule has 0 saturated carbocycles. The third-order valence-electron chi connectivity index (χ3n) is 10.6. The van der Waals surface area contributed by atoms with Crippen LogP contribution >= 0.6 is 0 Å². The van der Waals surface area contributed by atoms with E-state index in [-0.39, 0.29) is 11.6 Å². The second kappa shape index (κ2) is 22.8. The van der Waals surface area contributed by atoms with Gasteiger partial charge in [0.2, 0.25) is 22.8 Å². The van der Waals surface area contributed by atoms with E-state index in [1.54, 1.807) is 218 Å². The van der Waals surface area contributed by atoms with Crippen LogP contribution in [0.25, 0.3) is 0 Å². The fraction of sp³-hybridized carbons (Fsp3) is 0.0702. The van der Waals surface area contributed by atoms with E-state index in [0.717, 1.165) is 0 Å². The SMILES string of the molecule is C=O.O=C(c1ccccc1)C(OC(=O)C(O)(c1ccccc1)c1ccccc1)c1ccccc1.O=C(c1ccccc1)C(OC(=O)C(O)(c1ccccc1)c1ccccc1)c1ccccc1. The lowest BCUT2D eigenvalue weighted by Crippen LogP contribution is -2.40. The highest BCUT2D eigenvalue weighted by Crippen LogP contribution is 2.36. The summed E-state index contributed by atoms with van der Waals surface area (Å²) in [5, 5.41) is 23.4. The number of ether oxygens (including phenoxy) is 2. The van der Waals surface area contributed by atoms with Gasteiger partial charge in [-0.25, -0.2) is 9.59 Å². The van der Waals surface area contributed by atoms with Gasteiger partial charge in [-0.1, -0.05) is 243 Å². The number of carbonyl (C=O) groups excluding carboxylic acids is 5. The number of aliphatic hydroxyl groups is 2. The first kappa shape index (κ1) is 47.1. The van der Waals surface area contributed by atoms with Gasteiger partial charge in [0.1, 0.15) is 6.79 Å². The third-order valence-corrected chi connectivity index (χ3v) is 10.6. The van der Waals surface area contributed by atoms with E-state index >= 15 is 0 Å². The summed E-state index contributed by atoms with van der Waals surface area (Å²) in [7, 11) is 0. The maximum Gasteiger partial charge on any atom is 0.348 e. The highest BCUT2D eigenvalue weighted by Gasteiger charge is 2.45. The van der Waals surface area contributed by atoms with Crippen molar-refractivity contribution in [3.8, 4) is 0 Å². The van der Waals surface area contributed by atoms with Crippen molar-refractivity contribution in [2.75, 3.05) is 0 Å². The average molecular weight is 875 g/mol. The number of carbonyl (C=O) groups is 5. The van der Waals surface area contributed by atoms with E-state index < -0.39 is 35.3 Å². The van der Waals surface area contributed by atoms with Crippen LogP contribution in [0.1, 0.15) is 66.3 Å². The van der Waals surface area contributed by atoms with E-state index in [2.05, 4.69) is 0 Å². The van der Waals surface area contributed by atoms with Gasteiger partial charge in [-0.2, -0.15) is 0 Å². The Balaban J connectivity index is 0.000000210. The first-order valence-corrected chi connectivity index (χ1v) is 20.9. The summed E-state index contributed by atoms with van der Waals surface area (Å²) in [6.45, 7) is 2.00. The fourth-order valence-electron chi connectivity index (χ4n) is 7.22. The molecule has 0 spiro atoms. The molecule has 2 unspecified atom stereocenters. The van der Waals surface area contributed by atoms with Gasteiger partial charge in [0.15, 0.2) is 12.2 Å². The molecular weight excluding hydrogens is 829 g/mol. The summed E-state index contributed by atoms with van der Waals surface area (Å²) < 4.78 is 11.6. The van der Waals surface area contributed by atoms with Gasteiger partial charge in [-0.15, -0.1) is 0 Å². The van der Waals surface area contributed by atoms with Crippen molar-refractivity contribution in [2.45, 2.75) is 23.4 Å². The van der Waals surface area contributed by atoms with E-state index in [0.29, 0.717) is 44.5 Å². The summed E-state index contributed by atoms with van der Waals surface area (Å²) >= 11 is 0. The largest absolute Gasteiger partial charge is 0.446 e. The molecule has 0 aliphatic carbocycles. The van der Waals surface area contributed by atoms with Crippen LogP contribution in [0, 0.1) is 0 Å². The summed E-state index contributed by atoms with van der Waals surface area (Å²) in [6.07, 6.45) is -2.41. The minimum atomic E-state index is -2.08. The molecule has 0 amide bonds. The van der Waals surface area contributed by atoms with Crippen molar-refractivity contribution in [3.63, 3.8) is 0 Å². The molecule has 2 N–H and O–H groups in total. The number of esters is 2. The first-order chi connectivity index (χ1) is 32.2. The number of rotatable bonds is 14. The topological polar surface area (TPSA) is 144 Å². The number of hydrogen-bond donors (Lipinski definition) is 2. The zero-order valence-corrected chi connectivity index (χ0v) is 35.7. The van der Waals surface area contributed by atoms with Crippen LogP contribution in [0.5, 0.6) is 0 Å². The van der Waals surface area contributed by atoms with Crippen molar-refractivity contribution in [1.82, 2.24) is 0 Å². The van der Waals surface area contributed by atoms with E-state index in [4.69, 9.17) is 14.3 Å². The van der Waals surface area contributed by atoms with Gasteiger partial charge in [-0.05, 0) is 22.3 Å². The van der Waals surface area contributed by atoms with Crippen molar-refractivity contribution in [1.29, 1.82) is 0 Å². The third kappa shape index (κ3) is 10.9. The molecule has 0 heterocycles. The van der Waals surface area contributed by atoms with Gasteiger partial charge in [0.05, 0.1) is 0 Å². The van der Waals surface area contributed by atoms with Crippen LogP contribution in [0.3, 0.4) is 0 Å². The Labute approximate surface area is 383 Å². The maximum absolute atomic E-state index is 13.6. The maximum atomic E-state index is 13.6. The Kier molecular flexibility index (Phi) is 16.3. The molecule has 0 saturated heterocycles. The second-order valence-electron chi connectivity index (χ2n) is 14.7. The molecular formula is C57H46O9. The molecule has 8 rings (SSSR count). The molecule has 0 fully saturated rings. The van der Waals surface area contributed by atoms with Gasteiger partial charge in [0, 0.05) is 22.3 Å². The summed E-state index contributed by atoms with van der Waals surface area (Å²) in [4.78, 5) is 61.8. The molecule has 0 aromatic heterocycles. The number of hydrogen-bond acceptors (Lipinski definition) is 9. The molecule has 0 radical (unpaired) electrons. The standard InChI is InChI=1S/2C28H22O4.CH2O/c2*29-25(21-13-5-1-6-14-21)26(22-15-7-2-8-16-22)32-27(30)28(31,23-17-9-3-10-18-23)24-19-11-4-12-20-24;1-2/h2*1-20,26,31H;1H2. The summed E-state index contributed by atoms with van der Waals surface area (Å²) in [6, 6.07) is 69.3. The van der Waals surface area contributed by atoms with Crippen LogP contribution in [0.4, 0.5) is 0 Å². The lowest BCUT2D eigenvalue weighted by Gasteiger charge is -2.29. The molecule has 0 aliphatic heterocycles. The average Bonchev–Trinajstić information content (AvgIpc) is 3.41. The van der Waals surface area contributed by atoms with E-state index in [9.17, 15) is 29.4 Å². The lowest BCUT2D eigenvalue weighted by molar-refractivity contribution is -0.166. The predicted molar refractivity (Wildman–Crippen MR) is 251 cm³/mol. The second-order valence-corrected chi connectivity index (χ2v) is 14.7. The zero-order chi connectivity index (χ0) is 46.8. The van der Waals surface area contributed by atoms with E-state index in [1.807, 2.05) is 31.1 Å². The fourth-order valence-corrected chi connectivity index (χ4v) is 7.22. The van der Waals surface area contributed by atoms with Crippen LogP contribution in [-0.4, -0.2) is 40.5 Å². The van der Waals surface area contributed by atoms with E-state index in [1.165, 1.54) is 0 Å². The zero-order valence-electron chi connectivity index (χ0n) is 35.7. The molecule has 328 valence electrons. The Morgan fingerprint density at radius 1 is 0.333 bits per heavy atom. The highest BCUT2D eigenvalue weighted by molar-refractivity contribution is 6.02. The van der Waals surface area contributed by atoms with Crippen molar-refractivity contribution in [2.24, 2.45) is 0 Å². The smallest absolute Gasteiger partial charge is 0.348 e. The molecule has 8 aromatic rings. The molecule has 8 aromatic carbocycles. The van der Waals surface area contributed by atoms with Crippen LogP contribution in [0.2, 0.25) is 0 Å². The van der Waals surface area contributed by atoms with Crippen molar-refractivity contribution >= 4 is 30.3 Å². The molecule has 2 atom stereocenters. The monoisotopic (exact) mass is 874 g/mol. The number of benzene rings is 8. The summed E-state index contributed by atoms with van der Waals surface area (Å²) in [5.41, 5.74) is -0.847. The molecule has 9 nitrogen and oxygen atoms in total. The Hall–Kier alpha value is -8.37. The number of ketones is 2. The highest BCUT2D eigenvalue weighted by atomic mass is 16.6. The van der Waals surface area contributed by atoms with Gasteiger partial charge < -0.3 is 24.5 Å². The predicted octanol–water partition coefficient (Wildman–Crippen LogP) is 9.99. The van der Waals surface area contributed by atoms with Gasteiger partial charge in [-0.3, -0.25) is 9.59 Å². The normalized spacial score (nSPS) is 11.7. The Morgan fingerprint density at radius 2 is 0.530 bits per heavy atom. The lowest BCUT2D eigenvalue weighted by atomic mass is 9.86. The molecule has 0 bridgehead atoms. The minimum absolute atomic E-state index is 0.357. The van der Waals surface area contributed by atoms with Crippen LogP contribution in [0.15, 0.2) is 243 Å². The number of Topliss-reactive ketones (excluding diaryl/α,β-unsaturated/α-hetero) is 2.